The monoisotopic (exact) mass is 283 g/mol. The van der Waals surface area contributed by atoms with Gasteiger partial charge in [0.1, 0.15) is 0 Å². The van der Waals surface area contributed by atoms with Crippen molar-refractivity contribution in [3.63, 3.8) is 0 Å². The second kappa shape index (κ2) is 4.90. The molecule has 0 bridgehead atoms. The first-order valence-electron chi connectivity index (χ1n) is 5.96. The summed E-state index contributed by atoms with van der Waals surface area (Å²) in [7, 11) is 0. The summed E-state index contributed by atoms with van der Waals surface area (Å²) in [5.74, 6) is -0.103. The molecular weight excluding hydrogens is 274 g/mol. The Labute approximate surface area is 120 Å². The van der Waals surface area contributed by atoms with Gasteiger partial charge in [-0.25, -0.2) is 9.97 Å². The van der Waals surface area contributed by atoms with Gasteiger partial charge >= 0.3 is 0 Å². The third-order valence-corrected chi connectivity index (χ3v) is 3.21. The molecule has 98 valence electrons. The Morgan fingerprint density at radius 1 is 1.15 bits per heavy atom. The van der Waals surface area contributed by atoms with E-state index in [1.54, 1.807) is 24.4 Å². The maximum atomic E-state index is 11.5. The van der Waals surface area contributed by atoms with E-state index in [1.165, 1.54) is 0 Å². The molecule has 1 amide bonds. The number of amides is 1. The maximum absolute atomic E-state index is 11.5. The Balaban J connectivity index is 2.24. The van der Waals surface area contributed by atoms with Gasteiger partial charge < -0.3 is 5.73 Å². The van der Waals surface area contributed by atoms with Crippen LogP contribution in [0.25, 0.3) is 22.3 Å². The largest absolute Gasteiger partial charge is 0.366 e. The van der Waals surface area contributed by atoms with E-state index in [9.17, 15) is 4.79 Å². The van der Waals surface area contributed by atoms with Crippen LogP contribution < -0.4 is 5.73 Å². The van der Waals surface area contributed by atoms with Gasteiger partial charge in [0.05, 0.1) is 11.1 Å². The highest BCUT2D eigenvalue weighted by molar-refractivity contribution is 6.31. The molecule has 0 aliphatic rings. The topological polar surface area (TPSA) is 68.9 Å². The lowest BCUT2D eigenvalue weighted by molar-refractivity contribution is 0.100. The molecule has 0 unspecified atom stereocenters. The Bertz CT molecular complexity index is 817. The summed E-state index contributed by atoms with van der Waals surface area (Å²) >= 11 is 5.98. The van der Waals surface area contributed by atoms with Crippen LogP contribution in [0.15, 0.2) is 48.7 Å². The van der Waals surface area contributed by atoms with Crippen LogP contribution in [0, 0.1) is 0 Å². The van der Waals surface area contributed by atoms with Crippen molar-refractivity contribution >= 4 is 28.4 Å². The van der Waals surface area contributed by atoms with Crippen LogP contribution in [-0.4, -0.2) is 15.9 Å². The normalized spacial score (nSPS) is 10.7. The Morgan fingerprint density at radius 3 is 2.75 bits per heavy atom. The molecule has 20 heavy (non-hydrogen) atoms. The number of nitrogens with zero attached hydrogens (tertiary/aromatic N) is 2. The summed E-state index contributed by atoms with van der Waals surface area (Å²) in [6.45, 7) is 0. The molecule has 5 heteroatoms. The van der Waals surface area contributed by atoms with Crippen molar-refractivity contribution in [1.82, 2.24) is 9.97 Å². The highest BCUT2D eigenvalue weighted by atomic mass is 35.5. The Morgan fingerprint density at radius 2 is 1.95 bits per heavy atom. The lowest BCUT2D eigenvalue weighted by Gasteiger charge is -2.07. The number of nitrogens with two attached hydrogens (primary N) is 1. The van der Waals surface area contributed by atoms with Crippen molar-refractivity contribution in [3.05, 3.63) is 59.2 Å². The zero-order valence-corrected chi connectivity index (χ0v) is 11.1. The molecule has 1 heterocycles. The fraction of sp³-hybridized carbons (Fsp3) is 0. The van der Waals surface area contributed by atoms with E-state index in [-0.39, 0.29) is 0 Å². The number of primary amides is 1. The zero-order chi connectivity index (χ0) is 14.1. The molecule has 4 nitrogen and oxygen atoms in total. The average molecular weight is 284 g/mol. The highest BCUT2D eigenvalue weighted by Gasteiger charge is 2.13. The standard InChI is InChI=1S/C15H10ClN3O/c16-10-5-6-11(14(17)20)12(7-10)15-18-8-9-3-1-2-4-13(9)19-15/h1-8H,(H2,17,20). The number of hydrogen-bond acceptors (Lipinski definition) is 3. The first-order valence-corrected chi connectivity index (χ1v) is 6.34. The molecule has 0 aliphatic heterocycles. The molecule has 0 fully saturated rings. The van der Waals surface area contributed by atoms with Gasteiger partial charge in [0, 0.05) is 22.2 Å². The molecule has 0 radical (unpaired) electrons. The number of fused-ring (bicyclic) bond motifs is 1. The first-order chi connectivity index (χ1) is 9.65. The van der Waals surface area contributed by atoms with E-state index in [4.69, 9.17) is 17.3 Å². The lowest BCUT2D eigenvalue weighted by Crippen LogP contribution is -2.12. The van der Waals surface area contributed by atoms with Crippen LogP contribution in [0.1, 0.15) is 10.4 Å². The van der Waals surface area contributed by atoms with E-state index in [0.29, 0.717) is 22.0 Å². The molecule has 3 aromatic rings. The smallest absolute Gasteiger partial charge is 0.249 e. The van der Waals surface area contributed by atoms with Crippen molar-refractivity contribution in [3.8, 4) is 11.4 Å². The summed E-state index contributed by atoms with van der Waals surface area (Å²) in [6.07, 6.45) is 1.71. The number of carbonyl (C=O) groups excluding carboxylic acids is 1. The highest BCUT2D eigenvalue weighted by Crippen LogP contribution is 2.25. The van der Waals surface area contributed by atoms with Gasteiger partial charge in [0.15, 0.2) is 5.82 Å². The van der Waals surface area contributed by atoms with Crippen molar-refractivity contribution < 1.29 is 4.79 Å². The number of para-hydroxylation sites is 1. The summed E-state index contributed by atoms with van der Waals surface area (Å²) < 4.78 is 0. The summed E-state index contributed by atoms with van der Waals surface area (Å²) in [5, 5.41) is 1.43. The fourth-order valence-electron chi connectivity index (χ4n) is 2.02. The minimum atomic E-state index is -0.534. The van der Waals surface area contributed by atoms with Crippen LogP contribution in [0.3, 0.4) is 0 Å². The van der Waals surface area contributed by atoms with Crippen molar-refractivity contribution in [2.24, 2.45) is 5.73 Å². The molecule has 0 spiro atoms. The minimum absolute atomic E-state index is 0.352. The molecule has 0 atom stereocenters. The molecule has 0 aliphatic carbocycles. The predicted molar refractivity (Wildman–Crippen MR) is 78.5 cm³/mol. The summed E-state index contributed by atoms with van der Waals surface area (Å²) in [4.78, 5) is 20.2. The molecule has 2 aromatic carbocycles. The molecule has 2 N–H and O–H groups in total. The van der Waals surface area contributed by atoms with Gasteiger partial charge in [-0.05, 0) is 24.3 Å². The SMILES string of the molecule is NC(=O)c1ccc(Cl)cc1-c1ncc2ccccc2n1. The third-order valence-electron chi connectivity index (χ3n) is 2.98. The van der Waals surface area contributed by atoms with E-state index < -0.39 is 5.91 Å². The fourth-order valence-corrected chi connectivity index (χ4v) is 2.19. The van der Waals surface area contributed by atoms with Gasteiger partial charge in [-0.1, -0.05) is 29.8 Å². The van der Waals surface area contributed by atoms with E-state index in [0.717, 1.165) is 10.9 Å². The van der Waals surface area contributed by atoms with Crippen LogP contribution in [-0.2, 0) is 0 Å². The molecular formula is C15H10ClN3O. The van der Waals surface area contributed by atoms with E-state index in [2.05, 4.69) is 9.97 Å². The number of aromatic nitrogens is 2. The van der Waals surface area contributed by atoms with Gasteiger partial charge in [0.25, 0.3) is 0 Å². The molecule has 0 saturated carbocycles. The van der Waals surface area contributed by atoms with E-state index in [1.807, 2.05) is 24.3 Å². The van der Waals surface area contributed by atoms with Gasteiger partial charge in [-0.3, -0.25) is 4.79 Å². The van der Waals surface area contributed by atoms with Gasteiger partial charge in [-0.15, -0.1) is 0 Å². The van der Waals surface area contributed by atoms with Crippen LogP contribution >= 0.6 is 11.6 Å². The first kappa shape index (κ1) is 12.6. The van der Waals surface area contributed by atoms with Crippen molar-refractivity contribution in [2.45, 2.75) is 0 Å². The third kappa shape index (κ3) is 2.21. The van der Waals surface area contributed by atoms with Crippen LogP contribution in [0.2, 0.25) is 5.02 Å². The predicted octanol–water partition coefficient (Wildman–Crippen LogP) is 3.05. The molecule has 0 saturated heterocycles. The Kier molecular flexibility index (Phi) is 3.08. The number of benzene rings is 2. The molecule has 3 rings (SSSR count). The number of halogens is 1. The minimum Gasteiger partial charge on any atom is -0.366 e. The van der Waals surface area contributed by atoms with Crippen LogP contribution in [0.5, 0.6) is 0 Å². The van der Waals surface area contributed by atoms with Gasteiger partial charge in [-0.2, -0.15) is 0 Å². The number of rotatable bonds is 2. The second-order valence-corrected chi connectivity index (χ2v) is 4.74. The zero-order valence-electron chi connectivity index (χ0n) is 10.4. The Hall–Kier alpha value is -2.46. The van der Waals surface area contributed by atoms with Crippen LogP contribution in [0.4, 0.5) is 0 Å². The summed E-state index contributed by atoms with van der Waals surface area (Å²) in [5.41, 5.74) is 7.07. The number of hydrogen-bond donors (Lipinski definition) is 1. The molecule has 1 aromatic heterocycles. The van der Waals surface area contributed by atoms with Crippen molar-refractivity contribution in [2.75, 3.05) is 0 Å². The van der Waals surface area contributed by atoms with E-state index >= 15 is 0 Å². The quantitative estimate of drug-likeness (QED) is 0.786. The average Bonchev–Trinajstić information content (AvgIpc) is 2.46. The maximum Gasteiger partial charge on any atom is 0.249 e. The lowest BCUT2D eigenvalue weighted by atomic mass is 10.1. The summed E-state index contributed by atoms with van der Waals surface area (Å²) in [6, 6.07) is 12.5. The number of carbonyl (C=O) groups is 1. The second-order valence-electron chi connectivity index (χ2n) is 4.31. The van der Waals surface area contributed by atoms with Gasteiger partial charge in [0.2, 0.25) is 5.91 Å². The van der Waals surface area contributed by atoms with Crippen molar-refractivity contribution in [1.29, 1.82) is 0 Å².